The Morgan fingerprint density at radius 3 is 3.04 bits per heavy atom. The van der Waals surface area contributed by atoms with Crippen molar-refractivity contribution >= 4 is 0 Å². The molecule has 1 atom stereocenters. The molecule has 4 rings (SSSR count). The fourth-order valence-corrected chi connectivity index (χ4v) is 3.52. The molecule has 0 amide bonds. The van der Waals surface area contributed by atoms with Crippen molar-refractivity contribution in [3.8, 4) is 11.5 Å². The predicted octanol–water partition coefficient (Wildman–Crippen LogP) is 2.95. The van der Waals surface area contributed by atoms with Crippen LogP contribution in [0.15, 0.2) is 43.0 Å². The number of nitrogens with one attached hydrogen (secondary N) is 1. The molecule has 0 aliphatic carbocycles. The molecule has 1 N–H and O–H groups in total. The van der Waals surface area contributed by atoms with Crippen LogP contribution in [0.4, 0.5) is 0 Å². The molecule has 1 fully saturated rings. The van der Waals surface area contributed by atoms with Gasteiger partial charge in [-0.1, -0.05) is 6.07 Å². The zero-order valence-corrected chi connectivity index (χ0v) is 14.4. The first-order valence-electron chi connectivity index (χ1n) is 8.74. The van der Waals surface area contributed by atoms with Gasteiger partial charge in [-0.3, -0.25) is 9.88 Å². The molecule has 3 aromatic rings. The molecule has 6 nitrogen and oxygen atoms in total. The van der Waals surface area contributed by atoms with Crippen LogP contribution >= 0.6 is 0 Å². The van der Waals surface area contributed by atoms with E-state index in [1.165, 1.54) is 12.0 Å². The Morgan fingerprint density at radius 1 is 1.28 bits per heavy atom. The molecule has 0 radical (unpaired) electrons. The predicted molar refractivity (Wildman–Crippen MR) is 95.8 cm³/mol. The summed E-state index contributed by atoms with van der Waals surface area (Å²) in [4.78, 5) is 23.4. The summed E-state index contributed by atoms with van der Waals surface area (Å²) in [6, 6.07) is 6.23. The summed E-state index contributed by atoms with van der Waals surface area (Å²) in [6.07, 6.45) is 9.70. The van der Waals surface area contributed by atoms with E-state index in [1.807, 2.05) is 31.6 Å². The first kappa shape index (κ1) is 15.9. The van der Waals surface area contributed by atoms with Crippen LogP contribution in [0.3, 0.4) is 0 Å². The smallest absolute Gasteiger partial charge is 0.156 e. The lowest BCUT2D eigenvalue weighted by atomic mass is 9.93. The van der Waals surface area contributed by atoms with Gasteiger partial charge >= 0.3 is 0 Å². The zero-order valence-electron chi connectivity index (χ0n) is 14.4. The number of pyridine rings is 1. The van der Waals surface area contributed by atoms with Crippen LogP contribution in [0.1, 0.15) is 35.8 Å². The highest BCUT2D eigenvalue weighted by Gasteiger charge is 2.23. The van der Waals surface area contributed by atoms with Crippen molar-refractivity contribution in [1.29, 1.82) is 0 Å². The molecule has 0 aromatic carbocycles. The summed E-state index contributed by atoms with van der Waals surface area (Å²) in [5, 5.41) is 0. The van der Waals surface area contributed by atoms with Crippen LogP contribution in [-0.4, -0.2) is 42.9 Å². The van der Waals surface area contributed by atoms with Crippen molar-refractivity contribution in [3.63, 3.8) is 0 Å². The van der Waals surface area contributed by atoms with Gasteiger partial charge in [-0.2, -0.15) is 0 Å². The Bertz CT molecular complexity index is 815. The highest BCUT2D eigenvalue weighted by atomic mass is 15.1. The van der Waals surface area contributed by atoms with Gasteiger partial charge in [0.15, 0.2) is 5.82 Å². The van der Waals surface area contributed by atoms with Gasteiger partial charge in [0, 0.05) is 49.5 Å². The molecule has 128 valence electrons. The van der Waals surface area contributed by atoms with Gasteiger partial charge in [-0.05, 0) is 44.0 Å². The van der Waals surface area contributed by atoms with Crippen LogP contribution in [0.5, 0.6) is 0 Å². The minimum atomic E-state index is 0.431. The Kier molecular flexibility index (Phi) is 4.52. The molecule has 0 spiro atoms. The van der Waals surface area contributed by atoms with Crippen molar-refractivity contribution < 1.29 is 0 Å². The highest BCUT2D eigenvalue weighted by molar-refractivity contribution is 5.49. The lowest BCUT2D eigenvalue weighted by Crippen LogP contribution is -2.34. The third kappa shape index (κ3) is 3.74. The van der Waals surface area contributed by atoms with Gasteiger partial charge in [0.25, 0.3) is 0 Å². The van der Waals surface area contributed by atoms with E-state index in [0.29, 0.717) is 5.92 Å². The summed E-state index contributed by atoms with van der Waals surface area (Å²) in [5.74, 6) is 2.03. The molecule has 25 heavy (non-hydrogen) atoms. The van der Waals surface area contributed by atoms with Gasteiger partial charge in [0.2, 0.25) is 0 Å². The number of H-pyrrole nitrogens is 1. The maximum atomic E-state index is 4.72. The number of hydrogen-bond acceptors (Lipinski definition) is 5. The number of likely N-dealkylation sites (tertiary alicyclic amines) is 1. The number of piperidine rings is 1. The van der Waals surface area contributed by atoms with Gasteiger partial charge in [0.1, 0.15) is 11.5 Å². The zero-order chi connectivity index (χ0) is 17.1. The van der Waals surface area contributed by atoms with E-state index >= 15 is 0 Å². The number of nitrogens with zero attached hydrogens (tertiary/aromatic N) is 5. The molecular formula is C19H22N6. The summed E-state index contributed by atoms with van der Waals surface area (Å²) < 4.78 is 0. The topological polar surface area (TPSA) is 70.6 Å². The quantitative estimate of drug-likeness (QED) is 0.794. The number of aromatic amines is 1. The van der Waals surface area contributed by atoms with Crippen molar-refractivity contribution in [3.05, 3.63) is 60.1 Å². The number of rotatable bonds is 4. The van der Waals surface area contributed by atoms with Crippen LogP contribution in [0.2, 0.25) is 0 Å². The van der Waals surface area contributed by atoms with E-state index in [1.54, 1.807) is 6.20 Å². The third-order valence-corrected chi connectivity index (χ3v) is 4.65. The van der Waals surface area contributed by atoms with E-state index in [-0.39, 0.29) is 0 Å². The van der Waals surface area contributed by atoms with Crippen molar-refractivity contribution in [2.24, 2.45) is 0 Å². The number of hydrogen-bond donors (Lipinski definition) is 1. The van der Waals surface area contributed by atoms with Crippen LogP contribution in [-0.2, 0) is 6.54 Å². The van der Waals surface area contributed by atoms with E-state index < -0.39 is 0 Å². The largest absolute Gasteiger partial charge is 0.343 e. The standard InChI is InChI=1S/C19H22N6/c1-14-23-17(10-18(24-14)19-21-7-8-22-19)16-5-3-9-25(13-16)12-15-4-2-6-20-11-15/h2,4,6-8,10-11,16H,3,5,9,12-13H2,1H3,(H,21,22)/t16-/m0/s1. The van der Waals surface area contributed by atoms with Crippen molar-refractivity contribution in [1.82, 2.24) is 29.8 Å². The summed E-state index contributed by atoms with van der Waals surface area (Å²) >= 11 is 0. The number of aryl methyl sites for hydroxylation is 1. The summed E-state index contributed by atoms with van der Waals surface area (Å²) in [7, 11) is 0. The Labute approximate surface area is 147 Å². The Balaban J connectivity index is 1.53. The van der Waals surface area contributed by atoms with Gasteiger partial charge in [0.05, 0.1) is 0 Å². The summed E-state index contributed by atoms with van der Waals surface area (Å²) in [6.45, 7) is 5.04. The first-order valence-corrected chi connectivity index (χ1v) is 8.74. The number of imidazole rings is 1. The van der Waals surface area contributed by atoms with E-state index in [9.17, 15) is 0 Å². The molecule has 1 saturated heterocycles. The van der Waals surface area contributed by atoms with Gasteiger partial charge in [-0.25, -0.2) is 15.0 Å². The lowest BCUT2D eigenvalue weighted by molar-refractivity contribution is 0.198. The molecule has 0 unspecified atom stereocenters. The maximum absolute atomic E-state index is 4.72. The highest BCUT2D eigenvalue weighted by Crippen LogP contribution is 2.28. The van der Waals surface area contributed by atoms with Gasteiger partial charge < -0.3 is 4.98 Å². The van der Waals surface area contributed by atoms with Crippen LogP contribution < -0.4 is 0 Å². The summed E-state index contributed by atoms with van der Waals surface area (Å²) in [5.41, 5.74) is 3.25. The van der Waals surface area contributed by atoms with Gasteiger partial charge in [-0.15, -0.1) is 0 Å². The second-order valence-corrected chi connectivity index (χ2v) is 6.60. The fourth-order valence-electron chi connectivity index (χ4n) is 3.52. The van der Waals surface area contributed by atoms with Crippen LogP contribution in [0.25, 0.3) is 11.5 Å². The van der Waals surface area contributed by atoms with Crippen molar-refractivity contribution in [2.45, 2.75) is 32.2 Å². The monoisotopic (exact) mass is 334 g/mol. The molecule has 4 heterocycles. The average Bonchev–Trinajstić information content (AvgIpc) is 3.17. The van der Waals surface area contributed by atoms with E-state index in [4.69, 9.17) is 4.98 Å². The molecule has 0 bridgehead atoms. The molecule has 6 heteroatoms. The Hall–Kier alpha value is -2.60. The molecule has 1 aliphatic heterocycles. The first-order chi connectivity index (χ1) is 12.3. The minimum absolute atomic E-state index is 0.431. The van der Waals surface area contributed by atoms with E-state index in [0.717, 1.165) is 49.1 Å². The average molecular weight is 334 g/mol. The lowest BCUT2D eigenvalue weighted by Gasteiger charge is -2.32. The molecule has 3 aromatic heterocycles. The van der Waals surface area contributed by atoms with Crippen LogP contribution in [0, 0.1) is 6.92 Å². The van der Waals surface area contributed by atoms with E-state index in [2.05, 4.69) is 37.0 Å². The Morgan fingerprint density at radius 2 is 2.24 bits per heavy atom. The second-order valence-electron chi connectivity index (χ2n) is 6.60. The fraction of sp³-hybridized carbons (Fsp3) is 0.368. The molecular weight excluding hydrogens is 312 g/mol. The maximum Gasteiger partial charge on any atom is 0.156 e. The second kappa shape index (κ2) is 7.11. The third-order valence-electron chi connectivity index (χ3n) is 4.65. The molecule has 0 saturated carbocycles. The molecule has 1 aliphatic rings. The SMILES string of the molecule is Cc1nc(-c2ncc[nH]2)cc([C@H]2CCCN(Cc3cccnc3)C2)n1. The van der Waals surface area contributed by atoms with Crippen molar-refractivity contribution in [2.75, 3.05) is 13.1 Å². The number of aromatic nitrogens is 5. The minimum Gasteiger partial charge on any atom is -0.343 e. The normalized spacial score (nSPS) is 18.4.